The minimum Gasteiger partial charge on any atom is -0.379 e. The van der Waals surface area contributed by atoms with Gasteiger partial charge in [-0.3, -0.25) is 4.90 Å². The Balaban J connectivity index is 1.68. The normalized spacial score (nSPS) is 15.5. The van der Waals surface area contributed by atoms with Crippen LogP contribution >= 0.6 is 0 Å². The van der Waals surface area contributed by atoms with Crippen molar-refractivity contribution in [2.45, 2.75) is 13.0 Å². The molecule has 2 rings (SSSR count). The van der Waals surface area contributed by atoms with Gasteiger partial charge in [0.15, 0.2) is 0 Å². The second-order valence-corrected chi connectivity index (χ2v) is 5.07. The molecule has 0 amide bonds. The largest absolute Gasteiger partial charge is 0.379 e. The number of ether oxygens (including phenoxy) is 2. The van der Waals surface area contributed by atoms with E-state index in [2.05, 4.69) is 41.0 Å². The first-order valence-corrected chi connectivity index (χ1v) is 7.50. The Morgan fingerprint density at radius 3 is 2.52 bits per heavy atom. The van der Waals surface area contributed by atoms with Crippen LogP contribution < -0.4 is 5.73 Å². The maximum Gasteiger partial charge on any atom is 0.108 e. The van der Waals surface area contributed by atoms with Crippen LogP contribution in [0.1, 0.15) is 11.1 Å². The molecule has 0 saturated carbocycles. The molecule has 0 bridgehead atoms. The first-order chi connectivity index (χ1) is 10.4. The van der Waals surface area contributed by atoms with Crippen LogP contribution in [0.2, 0.25) is 0 Å². The van der Waals surface area contributed by atoms with E-state index in [0.717, 1.165) is 39.3 Å². The molecule has 1 saturated heterocycles. The SMILES string of the molecule is NCC#CCOCc1ccc(CCN2CCOCC2)cc1. The van der Waals surface area contributed by atoms with E-state index in [1.165, 1.54) is 11.1 Å². The van der Waals surface area contributed by atoms with Gasteiger partial charge in [-0.1, -0.05) is 36.1 Å². The Bertz CT molecular complexity index is 456. The third kappa shape index (κ3) is 6.28. The monoisotopic (exact) mass is 288 g/mol. The number of nitrogens with zero attached hydrogens (tertiary/aromatic N) is 1. The molecule has 2 N–H and O–H groups in total. The molecule has 1 heterocycles. The van der Waals surface area contributed by atoms with Crippen molar-refractivity contribution in [1.29, 1.82) is 0 Å². The second-order valence-electron chi connectivity index (χ2n) is 5.07. The smallest absolute Gasteiger partial charge is 0.108 e. The molecule has 0 unspecified atom stereocenters. The molecule has 0 atom stereocenters. The van der Waals surface area contributed by atoms with Crippen LogP contribution in [0.3, 0.4) is 0 Å². The highest BCUT2D eigenvalue weighted by Gasteiger charge is 2.09. The molecule has 1 aromatic rings. The molecule has 4 nitrogen and oxygen atoms in total. The van der Waals surface area contributed by atoms with Gasteiger partial charge in [0, 0.05) is 19.6 Å². The summed E-state index contributed by atoms with van der Waals surface area (Å²) in [4.78, 5) is 2.45. The van der Waals surface area contributed by atoms with E-state index in [9.17, 15) is 0 Å². The maximum absolute atomic E-state index is 5.47. The van der Waals surface area contributed by atoms with Gasteiger partial charge in [0.2, 0.25) is 0 Å². The van der Waals surface area contributed by atoms with Crippen molar-refractivity contribution >= 4 is 0 Å². The van der Waals surface area contributed by atoms with Crippen molar-refractivity contribution in [3.63, 3.8) is 0 Å². The van der Waals surface area contributed by atoms with Gasteiger partial charge in [0.1, 0.15) is 6.61 Å². The molecule has 114 valence electrons. The van der Waals surface area contributed by atoms with Crippen LogP contribution in [-0.4, -0.2) is 50.9 Å². The number of morpholine rings is 1. The lowest BCUT2D eigenvalue weighted by Crippen LogP contribution is -2.37. The maximum atomic E-state index is 5.47. The molecule has 0 radical (unpaired) electrons. The van der Waals surface area contributed by atoms with Gasteiger partial charge in [-0.25, -0.2) is 0 Å². The number of hydrogen-bond acceptors (Lipinski definition) is 4. The molecular weight excluding hydrogens is 264 g/mol. The molecule has 1 aromatic carbocycles. The summed E-state index contributed by atoms with van der Waals surface area (Å²) in [7, 11) is 0. The van der Waals surface area contributed by atoms with E-state index < -0.39 is 0 Å². The second kappa shape index (κ2) is 9.54. The predicted octanol–water partition coefficient (Wildman–Crippen LogP) is 1.04. The van der Waals surface area contributed by atoms with Gasteiger partial charge in [0.05, 0.1) is 26.4 Å². The topological polar surface area (TPSA) is 47.7 Å². The number of benzene rings is 1. The summed E-state index contributed by atoms with van der Waals surface area (Å²) in [6.07, 6.45) is 1.09. The zero-order valence-electron chi connectivity index (χ0n) is 12.5. The Morgan fingerprint density at radius 2 is 1.81 bits per heavy atom. The molecule has 1 aliphatic heterocycles. The van der Waals surface area contributed by atoms with E-state index in [1.807, 2.05) is 0 Å². The van der Waals surface area contributed by atoms with E-state index in [1.54, 1.807) is 0 Å². The molecular formula is C17H24N2O2. The fraction of sp³-hybridized carbons (Fsp3) is 0.529. The minimum absolute atomic E-state index is 0.390. The standard InChI is InChI=1S/C17H24N2O2/c18-8-1-2-12-21-15-17-5-3-16(4-6-17)7-9-19-10-13-20-14-11-19/h3-6H,7-15,18H2. The highest BCUT2D eigenvalue weighted by atomic mass is 16.5. The average molecular weight is 288 g/mol. The van der Waals surface area contributed by atoms with Crippen molar-refractivity contribution in [2.75, 3.05) is 46.0 Å². The van der Waals surface area contributed by atoms with E-state index >= 15 is 0 Å². The lowest BCUT2D eigenvalue weighted by Gasteiger charge is -2.26. The van der Waals surface area contributed by atoms with Crippen LogP contribution in [0.15, 0.2) is 24.3 Å². The number of rotatable bonds is 6. The van der Waals surface area contributed by atoms with E-state index in [0.29, 0.717) is 19.8 Å². The molecule has 1 fully saturated rings. The zero-order valence-corrected chi connectivity index (χ0v) is 12.5. The lowest BCUT2D eigenvalue weighted by molar-refractivity contribution is 0.0384. The summed E-state index contributed by atoms with van der Waals surface area (Å²) < 4.78 is 10.8. The first kappa shape index (κ1) is 16.0. The Labute approximate surface area is 127 Å². The summed E-state index contributed by atoms with van der Waals surface area (Å²) >= 11 is 0. The summed E-state index contributed by atoms with van der Waals surface area (Å²) in [5.74, 6) is 5.64. The highest BCUT2D eigenvalue weighted by molar-refractivity contribution is 5.22. The number of hydrogen-bond donors (Lipinski definition) is 1. The lowest BCUT2D eigenvalue weighted by atomic mass is 10.1. The van der Waals surface area contributed by atoms with E-state index in [-0.39, 0.29) is 0 Å². The molecule has 0 aromatic heterocycles. The fourth-order valence-electron chi connectivity index (χ4n) is 2.26. The molecule has 21 heavy (non-hydrogen) atoms. The average Bonchev–Trinajstić information content (AvgIpc) is 2.55. The molecule has 0 spiro atoms. The van der Waals surface area contributed by atoms with Gasteiger partial charge >= 0.3 is 0 Å². The van der Waals surface area contributed by atoms with Crippen molar-refractivity contribution in [2.24, 2.45) is 5.73 Å². The van der Waals surface area contributed by atoms with Crippen molar-refractivity contribution < 1.29 is 9.47 Å². The van der Waals surface area contributed by atoms with Crippen LogP contribution in [-0.2, 0) is 22.5 Å². The van der Waals surface area contributed by atoms with Gasteiger partial charge in [-0.15, -0.1) is 0 Å². The van der Waals surface area contributed by atoms with E-state index in [4.69, 9.17) is 15.2 Å². The van der Waals surface area contributed by atoms with Crippen molar-refractivity contribution in [3.8, 4) is 11.8 Å². The minimum atomic E-state index is 0.390. The third-order valence-corrected chi connectivity index (χ3v) is 3.51. The van der Waals surface area contributed by atoms with Gasteiger partial charge in [0.25, 0.3) is 0 Å². The Hall–Kier alpha value is -1.38. The first-order valence-electron chi connectivity index (χ1n) is 7.50. The third-order valence-electron chi connectivity index (χ3n) is 3.51. The van der Waals surface area contributed by atoms with Crippen LogP contribution in [0.5, 0.6) is 0 Å². The molecule has 1 aliphatic rings. The summed E-state index contributed by atoms with van der Waals surface area (Å²) in [5.41, 5.74) is 7.83. The Morgan fingerprint density at radius 1 is 1.10 bits per heavy atom. The molecule has 0 aliphatic carbocycles. The number of nitrogens with two attached hydrogens (primary N) is 1. The van der Waals surface area contributed by atoms with Crippen LogP contribution in [0.4, 0.5) is 0 Å². The van der Waals surface area contributed by atoms with Gasteiger partial charge in [-0.05, 0) is 17.5 Å². The summed E-state index contributed by atoms with van der Waals surface area (Å²) in [5, 5.41) is 0. The summed E-state index contributed by atoms with van der Waals surface area (Å²) in [6.45, 7) is 6.37. The van der Waals surface area contributed by atoms with Gasteiger partial charge < -0.3 is 15.2 Å². The predicted molar refractivity (Wildman–Crippen MR) is 83.9 cm³/mol. The highest BCUT2D eigenvalue weighted by Crippen LogP contribution is 2.08. The van der Waals surface area contributed by atoms with Crippen LogP contribution in [0, 0.1) is 11.8 Å². The molecule has 4 heteroatoms. The Kier molecular flexibility index (Phi) is 7.27. The van der Waals surface area contributed by atoms with Crippen molar-refractivity contribution in [3.05, 3.63) is 35.4 Å². The van der Waals surface area contributed by atoms with Crippen molar-refractivity contribution in [1.82, 2.24) is 4.90 Å². The summed E-state index contributed by atoms with van der Waals surface area (Å²) in [6, 6.07) is 8.63. The zero-order chi connectivity index (χ0) is 14.8. The van der Waals surface area contributed by atoms with Crippen LogP contribution in [0.25, 0.3) is 0 Å². The quantitative estimate of drug-likeness (QED) is 0.628. The fourth-order valence-corrected chi connectivity index (χ4v) is 2.26. The van der Waals surface area contributed by atoms with Gasteiger partial charge in [-0.2, -0.15) is 0 Å².